The molecule has 1 amide bonds. The van der Waals surface area contributed by atoms with E-state index in [-0.39, 0.29) is 11.8 Å². The molecule has 1 aliphatic heterocycles. The van der Waals surface area contributed by atoms with E-state index < -0.39 is 0 Å². The van der Waals surface area contributed by atoms with Crippen LogP contribution in [0.2, 0.25) is 0 Å². The number of hydrogen-bond donors (Lipinski definition) is 1. The van der Waals surface area contributed by atoms with Crippen LogP contribution >= 0.6 is 11.6 Å². The van der Waals surface area contributed by atoms with Gasteiger partial charge in [-0.15, -0.1) is 11.6 Å². The topological polar surface area (TPSA) is 38.3 Å². The van der Waals surface area contributed by atoms with Gasteiger partial charge in [-0.05, 0) is 24.1 Å². The number of benzene rings is 1. The number of ether oxygens (including phenoxy) is 1. The van der Waals surface area contributed by atoms with Gasteiger partial charge in [0.1, 0.15) is 0 Å². The number of anilines is 1. The van der Waals surface area contributed by atoms with Crippen LogP contribution in [0.1, 0.15) is 12.0 Å². The Bertz CT molecular complexity index is 358. The Morgan fingerprint density at radius 3 is 2.75 bits per heavy atom. The Morgan fingerprint density at radius 1 is 1.44 bits per heavy atom. The fraction of sp³-hybridized carbons (Fsp3) is 0.417. The van der Waals surface area contributed by atoms with Crippen LogP contribution in [0.5, 0.6) is 0 Å². The average molecular weight is 240 g/mol. The number of carbonyl (C=O) groups is 1. The first kappa shape index (κ1) is 11.4. The van der Waals surface area contributed by atoms with Gasteiger partial charge in [0, 0.05) is 18.2 Å². The molecule has 0 aliphatic carbocycles. The fourth-order valence-electron chi connectivity index (χ4n) is 1.66. The maximum absolute atomic E-state index is 11.8. The number of rotatable bonds is 3. The van der Waals surface area contributed by atoms with Crippen LogP contribution in [0.3, 0.4) is 0 Å². The lowest BCUT2D eigenvalue weighted by Crippen LogP contribution is -2.22. The highest BCUT2D eigenvalue weighted by Crippen LogP contribution is 2.16. The minimum absolute atomic E-state index is 0.00676. The Labute approximate surface area is 99.7 Å². The molecular formula is C12H14ClNO2. The maximum Gasteiger partial charge on any atom is 0.229 e. The molecule has 1 atom stereocenters. The predicted octanol–water partition coefficient (Wildman–Crippen LogP) is 2.40. The van der Waals surface area contributed by atoms with E-state index in [0.717, 1.165) is 17.7 Å². The van der Waals surface area contributed by atoms with Crippen LogP contribution < -0.4 is 5.32 Å². The van der Waals surface area contributed by atoms with Crippen molar-refractivity contribution >= 4 is 23.2 Å². The minimum atomic E-state index is -0.00676. The molecule has 2 rings (SSSR count). The molecule has 4 heteroatoms. The molecule has 1 aliphatic rings. The summed E-state index contributed by atoms with van der Waals surface area (Å²) in [7, 11) is 0. The van der Waals surface area contributed by atoms with Crippen molar-refractivity contribution in [2.24, 2.45) is 5.92 Å². The van der Waals surface area contributed by atoms with Gasteiger partial charge in [0.15, 0.2) is 0 Å². The number of hydrogen-bond acceptors (Lipinski definition) is 2. The van der Waals surface area contributed by atoms with E-state index in [1.807, 2.05) is 24.3 Å². The van der Waals surface area contributed by atoms with E-state index >= 15 is 0 Å². The van der Waals surface area contributed by atoms with Gasteiger partial charge in [-0.1, -0.05) is 12.1 Å². The second-order valence-electron chi connectivity index (χ2n) is 3.88. The van der Waals surface area contributed by atoms with E-state index in [1.165, 1.54) is 0 Å². The van der Waals surface area contributed by atoms with Gasteiger partial charge in [-0.3, -0.25) is 4.79 Å². The smallest absolute Gasteiger partial charge is 0.229 e. The van der Waals surface area contributed by atoms with Crippen molar-refractivity contribution in [3.8, 4) is 0 Å². The van der Waals surface area contributed by atoms with Crippen LogP contribution in [0.15, 0.2) is 24.3 Å². The third kappa shape index (κ3) is 2.74. The molecule has 1 aromatic rings. The molecule has 1 heterocycles. The van der Waals surface area contributed by atoms with Crippen molar-refractivity contribution in [1.29, 1.82) is 0 Å². The van der Waals surface area contributed by atoms with E-state index in [4.69, 9.17) is 16.3 Å². The maximum atomic E-state index is 11.8. The number of amides is 1. The van der Waals surface area contributed by atoms with Crippen LogP contribution in [0.25, 0.3) is 0 Å². The van der Waals surface area contributed by atoms with E-state index in [9.17, 15) is 4.79 Å². The SMILES string of the molecule is O=C(Nc1ccc(CCl)cc1)C1CCOC1. The Morgan fingerprint density at radius 2 is 2.19 bits per heavy atom. The molecular weight excluding hydrogens is 226 g/mol. The molecule has 1 aromatic carbocycles. The standard InChI is InChI=1S/C12H14ClNO2/c13-7-9-1-3-11(4-2-9)14-12(15)10-5-6-16-8-10/h1-4,10H,5-8H2,(H,14,15). The highest BCUT2D eigenvalue weighted by molar-refractivity contribution is 6.17. The normalized spacial score (nSPS) is 19.7. The molecule has 0 aromatic heterocycles. The van der Waals surface area contributed by atoms with E-state index in [1.54, 1.807) is 0 Å². The molecule has 1 saturated heterocycles. The zero-order chi connectivity index (χ0) is 11.4. The predicted molar refractivity (Wildman–Crippen MR) is 63.6 cm³/mol. The summed E-state index contributed by atoms with van der Waals surface area (Å²) in [5.41, 5.74) is 1.86. The lowest BCUT2D eigenvalue weighted by Gasteiger charge is -2.09. The molecule has 1 fully saturated rings. The van der Waals surface area contributed by atoms with Gasteiger partial charge in [-0.2, -0.15) is 0 Å². The summed E-state index contributed by atoms with van der Waals surface area (Å²) in [5, 5.41) is 2.87. The first-order valence-corrected chi connectivity index (χ1v) is 5.86. The summed E-state index contributed by atoms with van der Waals surface area (Å²) in [5.74, 6) is 0.522. The van der Waals surface area contributed by atoms with Crippen molar-refractivity contribution in [2.45, 2.75) is 12.3 Å². The lowest BCUT2D eigenvalue weighted by molar-refractivity contribution is -0.119. The second-order valence-corrected chi connectivity index (χ2v) is 4.15. The van der Waals surface area contributed by atoms with Crippen molar-refractivity contribution in [3.63, 3.8) is 0 Å². The van der Waals surface area contributed by atoms with Crippen LogP contribution in [0.4, 0.5) is 5.69 Å². The number of halogens is 1. The van der Waals surface area contributed by atoms with E-state index in [2.05, 4.69) is 5.32 Å². The molecule has 1 unspecified atom stereocenters. The third-order valence-electron chi connectivity index (χ3n) is 2.68. The van der Waals surface area contributed by atoms with Gasteiger partial charge < -0.3 is 10.1 Å². The summed E-state index contributed by atoms with van der Waals surface area (Å²) in [6, 6.07) is 7.55. The number of carbonyl (C=O) groups excluding carboxylic acids is 1. The van der Waals surface area contributed by atoms with Crippen LogP contribution in [0, 0.1) is 5.92 Å². The Hall–Kier alpha value is -1.06. The molecule has 1 N–H and O–H groups in total. The number of alkyl halides is 1. The molecule has 86 valence electrons. The highest BCUT2D eigenvalue weighted by atomic mass is 35.5. The lowest BCUT2D eigenvalue weighted by atomic mass is 10.1. The zero-order valence-corrected chi connectivity index (χ0v) is 9.67. The van der Waals surface area contributed by atoms with Crippen molar-refractivity contribution in [3.05, 3.63) is 29.8 Å². The van der Waals surface area contributed by atoms with Gasteiger partial charge in [0.2, 0.25) is 5.91 Å². The van der Waals surface area contributed by atoms with Gasteiger partial charge >= 0.3 is 0 Å². The summed E-state index contributed by atoms with van der Waals surface area (Å²) in [6.45, 7) is 1.22. The molecule has 0 spiro atoms. The largest absolute Gasteiger partial charge is 0.381 e. The average Bonchev–Trinajstić information content (AvgIpc) is 2.83. The Balaban J connectivity index is 1.94. The third-order valence-corrected chi connectivity index (χ3v) is 2.98. The quantitative estimate of drug-likeness (QED) is 0.823. The van der Waals surface area contributed by atoms with Crippen LogP contribution in [-0.4, -0.2) is 19.1 Å². The van der Waals surface area contributed by atoms with Crippen molar-refractivity contribution < 1.29 is 9.53 Å². The number of nitrogens with one attached hydrogen (secondary N) is 1. The zero-order valence-electron chi connectivity index (χ0n) is 8.91. The van der Waals surface area contributed by atoms with Crippen LogP contribution in [-0.2, 0) is 15.4 Å². The molecule has 0 saturated carbocycles. The van der Waals surface area contributed by atoms with E-state index in [0.29, 0.717) is 19.1 Å². The molecule has 3 nitrogen and oxygen atoms in total. The summed E-state index contributed by atoms with van der Waals surface area (Å²) in [6.07, 6.45) is 0.811. The summed E-state index contributed by atoms with van der Waals surface area (Å²) in [4.78, 5) is 11.8. The fourth-order valence-corrected chi connectivity index (χ4v) is 1.84. The first-order chi connectivity index (χ1) is 7.79. The van der Waals surface area contributed by atoms with Crippen molar-refractivity contribution in [1.82, 2.24) is 0 Å². The van der Waals surface area contributed by atoms with Gasteiger partial charge in [0.05, 0.1) is 12.5 Å². The summed E-state index contributed by atoms with van der Waals surface area (Å²) >= 11 is 5.68. The minimum Gasteiger partial charge on any atom is -0.381 e. The monoisotopic (exact) mass is 239 g/mol. The molecule has 16 heavy (non-hydrogen) atoms. The highest BCUT2D eigenvalue weighted by Gasteiger charge is 2.23. The first-order valence-electron chi connectivity index (χ1n) is 5.33. The molecule has 0 bridgehead atoms. The summed E-state index contributed by atoms with van der Waals surface area (Å²) < 4.78 is 5.17. The molecule has 0 radical (unpaired) electrons. The Kier molecular flexibility index (Phi) is 3.80. The van der Waals surface area contributed by atoms with Gasteiger partial charge in [-0.25, -0.2) is 0 Å². The second kappa shape index (κ2) is 5.32. The van der Waals surface area contributed by atoms with Gasteiger partial charge in [0.25, 0.3) is 0 Å². The van der Waals surface area contributed by atoms with Crippen molar-refractivity contribution in [2.75, 3.05) is 18.5 Å².